The minimum atomic E-state index is -1.03. The summed E-state index contributed by atoms with van der Waals surface area (Å²) in [7, 11) is 0. The minimum Gasteiger partial charge on any atom is -0.342 e. The van der Waals surface area contributed by atoms with Crippen LogP contribution in [0.2, 0.25) is 0 Å². The lowest BCUT2D eigenvalue weighted by molar-refractivity contribution is -0.231. The number of benzene rings is 2. The first-order valence-corrected chi connectivity index (χ1v) is 11.5. The number of carbonyl (C=O) groups is 2. The molecule has 0 spiro atoms. The van der Waals surface area contributed by atoms with E-state index in [1.165, 1.54) is 0 Å². The van der Waals surface area contributed by atoms with Crippen LogP contribution >= 0.6 is 0 Å². The maximum atomic E-state index is 13.2. The highest BCUT2D eigenvalue weighted by Crippen LogP contribution is 2.44. The van der Waals surface area contributed by atoms with E-state index in [1.54, 1.807) is 34.6 Å². The molecule has 34 heavy (non-hydrogen) atoms. The van der Waals surface area contributed by atoms with Crippen LogP contribution < -0.4 is 10.6 Å². The normalized spacial score (nSPS) is 32.0. The summed E-state index contributed by atoms with van der Waals surface area (Å²) in [5, 5.41) is 7.58. The van der Waals surface area contributed by atoms with Gasteiger partial charge in [0.15, 0.2) is 24.0 Å². The van der Waals surface area contributed by atoms with E-state index in [-0.39, 0.29) is 5.91 Å². The van der Waals surface area contributed by atoms with E-state index in [1.807, 2.05) is 42.5 Å². The Labute approximate surface area is 198 Å². The number of anilines is 1. The molecule has 0 aliphatic carbocycles. The summed E-state index contributed by atoms with van der Waals surface area (Å²) in [6.07, 6.45) is -3.60. The lowest BCUT2D eigenvalue weighted by Crippen LogP contribution is -2.60. The second-order valence-corrected chi connectivity index (χ2v) is 9.84. The lowest BCUT2D eigenvalue weighted by atomic mass is 9.98. The summed E-state index contributed by atoms with van der Waals surface area (Å²) >= 11 is 0. The largest absolute Gasteiger partial charge is 0.342 e. The molecule has 9 nitrogen and oxygen atoms in total. The Morgan fingerprint density at radius 3 is 2.29 bits per heavy atom. The zero-order valence-corrected chi connectivity index (χ0v) is 19.9. The highest BCUT2D eigenvalue weighted by atomic mass is 16.9. The first kappa shape index (κ1) is 23.2. The van der Waals surface area contributed by atoms with Gasteiger partial charge in [-0.05, 0) is 46.1 Å². The fourth-order valence-corrected chi connectivity index (χ4v) is 4.76. The highest BCUT2D eigenvalue weighted by molar-refractivity contribution is 6.04. The zero-order chi connectivity index (χ0) is 24.3. The van der Waals surface area contributed by atoms with Crippen LogP contribution in [-0.2, 0) is 33.3 Å². The quantitative estimate of drug-likeness (QED) is 0.708. The summed E-state index contributed by atoms with van der Waals surface area (Å²) in [5.74, 6) is -2.63. The van der Waals surface area contributed by atoms with Gasteiger partial charge in [0, 0.05) is 11.1 Å². The molecule has 2 aromatic rings. The number of ether oxygens (including phenoxy) is 5. The van der Waals surface area contributed by atoms with E-state index in [9.17, 15) is 9.59 Å². The van der Waals surface area contributed by atoms with Gasteiger partial charge in [-0.25, -0.2) is 0 Å². The Hall–Kier alpha value is -2.56. The van der Waals surface area contributed by atoms with Crippen molar-refractivity contribution in [1.82, 2.24) is 5.32 Å². The van der Waals surface area contributed by atoms with Crippen LogP contribution in [0.4, 0.5) is 5.69 Å². The molecule has 3 saturated heterocycles. The number of rotatable bonds is 4. The second kappa shape index (κ2) is 8.28. The number of hydrogen-bond acceptors (Lipinski definition) is 7. The van der Waals surface area contributed by atoms with Crippen molar-refractivity contribution in [2.75, 3.05) is 5.32 Å². The Morgan fingerprint density at radius 2 is 1.50 bits per heavy atom. The summed E-state index contributed by atoms with van der Waals surface area (Å²) < 4.78 is 29.8. The van der Waals surface area contributed by atoms with Gasteiger partial charge in [-0.2, -0.15) is 0 Å². The van der Waals surface area contributed by atoms with Gasteiger partial charge < -0.3 is 34.3 Å². The molecule has 182 valence electrons. The van der Waals surface area contributed by atoms with Crippen molar-refractivity contribution < 1.29 is 33.3 Å². The van der Waals surface area contributed by atoms with Crippen LogP contribution in [0, 0.1) is 0 Å². The molecule has 0 radical (unpaired) electrons. The Bertz CT molecular complexity index is 1110. The van der Waals surface area contributed by atoms with E-state index in [0.29, 0.717) is 5.69 Å². The molecule has 6 atom stereocenters. The van der Waals surface area contributed by atoms with E-state index in [2.05, 4.69) is 10.6 Å². The average molecular weight is 471 g/mol. The van der Waals surface area contributed by atoms with Gasteiger partial charge in [-0.15, -0.1) is 0 Å². The van der Waals surface area contributed by atoms with Crippen LogP contribution in [-0.4, -0.2) is 60.1 Å². The van der Waals surface area contributed by atoms with Crippen molar-refractivity contribution in [3.63, 3.8) is 0 Å². The van der Waals surface area contributed by atoms with E-state index in [4.69, 9.17) is 23.7 Å². The highest BCUT2D eigenvalue weighted by Gasteiger charge is 2.62. The molecular weight excluding hydrogens is 440 g/mol. The molecule has 0 bridgehead atoms. The summed E-state index contributed by atoms with van der Waals surface area (Å²) in [5.41, 5.74) is 0.675. The van der Waals surface area contributed by atoms with Crippen molar-refractivity contribution in [3.8, 4) is 0 Å². The zero-order valence-electron chi connectivity index (χ0n) is 19.9. The molecule has 3 aliphatic rings. The van der Waals surface area contributed by atoms with Crippen LogP contribution in [0.25, 0.3) is 10.8 Å². The van der Waals surface area contributed by atoms with Crippen LogP contribution in [0.3, 0.4) is 0 Å². The smallest absolute Gasteiger partial charge is 0.252 e. The third-order valence-electron chi connectivity index (χ3n) is 6.21. The van der Waals surface area contributed by atoms with Gasteiger partial charge in [0.25, 0.3) is 5.91 Å². The van der Waals surface area contributed by atoms with E-state index < -0.39 is 54.2 Å². The maximum Gasteiger partial charge on any atom is 0.252 e. The number of carbonyl (C=O) groups excluding carboxylic acids is 2. The fraction of sp³-hybridized carbons (Fsp3) is 0.520. The minimum absolute atomic E-state index is 0.347. The maximum absolute atomic E-state index is 13.2. The Morgan fingerprint density at radius 1 is 0.853 bits per heavy atom. The third-order valence-corrected chi connectivity index (χ3v) is 6.21. The standard InChI is InChI=1S/C25H30N2O7/c1-13(21(28)27-16-12-8-10-14-9-6-7-11-15(14)16)26-22(29)19-17-18(32-24(2,3)31-17)20-23(30-19)34-25(4,5)33-20/h6-13,17-20,23H,1-5H3,(H,26,29)(H,27,28)/t13-,17-,18+,19+,20-,23-/m1/s1. The van der Waals surface area contributed by atoms with Gasteiger partial charge in [0.1, 0.15) is 24.4 Å². The van der Waals surface area contributed by atoms with Crippen LogP contribution in [0.5, 0.6) is 0 Å². The molecule has 0 saturated carbocycles. The number of nitrogens with one attached hydrogen (secondary N) is 2. The van der Waals surface area contributed by atoms with Crippen LogP contribution in [0.15, 0.2) is 42.5 Å². The van der Waals surface area contributed by atoms with Crippen molar-refractivity contribution in [2.24, 2.45) is 0 Å². The summed E-state index contributed by atoms with van der Waals surface area (Å²) in [4.78, 5) is 26.1. The molecule has 2 N–H and O–H groups in total. The molecule has 2 aromatic carbocycles. The monoisotopic (exact) mass is 470 g/mol. The number of amides is 2. The first-order chi connectivity index (χ1) is 16.0. The van der Waals surface area contributed by atoms with Crippen molar-refractivity contribution >= 4 is 28.3 Å². The molecule has 0 unspecified atom stereocenters. The first-order valence-electron chi connectivity index (χ1n) is 11.5. The molecule has 9 heteroatoms. The van der Waals surface area contributed by atoms with Crippen molar-refractivity contribution in [3.05, 3.63) is 42.5 Å². The molecule has 3 fully saturated rings. The fourth-order valence-electron chi connectivity index (χ4n) is 4.76. The van der Waals surface area contributed by atoms with Gasteiger partial charge in [-0.3, -0.25) is 9.59 Å². The predicted molar refractivity (Wildman–Crippen MR) is 123 cm³/mol. The molecule has 3 aliphatic heterocycles. The number of fused-ring (bicyclic) bond motifs is 4. The van der Waals surface area contributed by atoms with E-state index in [0.717, 1.165) is 10.8 Å². The molecule has 2 amide bonds. The number of hydrogen-bond donors (Lipinski definition) is 2. The van der Waals surface area contributed by atoms with Gasteiger partial charge in [-0.1, -0.05) is 36.4 Å². The van der Waals surface area contributed by atoms with E-state index >= 15 is 0 Å². The van der Waals surface area contributed by atoms with Gasteiger partial charge >= 0.3 is 0 Å². The lowest BCUT2D eigenvalue weighted by Gasteiger charge is -2.36. The van der Waals surface area contributed by atoms with Gasteiger partial charge in [0.2, 0.25) is 5.91 Å². The molecular formula is C25H30N2O7. The van der Waals surface area contributed by atoms with Crippen LogP contribution in [0.1, 0.15) is 34.6 Å². The Balaban J connectivity index is 1.29. The molecule has 5 rings (SSSR count). The van der Waals surface area contributed by atoms with Gasteiger partial charge in [0.05, 0.1) is 0 Å². The molecule has 3 heterocycles. The Kier molecular flexibility index (Phi) is 5.65. The summed E-state index contributed by atoms with van der Waals surface area (Å²) in [6.45, 7) is 8.72. The second-order valence-electron chi connectivity index (χ2n) is 9.84. The SMILES string of the molecule is C[C@@H](NC(=O)[C@H]1O[C@@H]2OC(C)(C)O[C@@H]2[C@H]2OC(C)(C)O[C@H]21)C(=O)Nc1cccc2ccccc12. The van der Waals surface area contributed by atoms with Crippen molar-refractivity contribution in [1.29, 1.82) is 0 Å². The molecule has 0 aromatic heterocycles. The third kappa shape index (κ3) is 4.30. The average Bonchev–Trinajstić information content (AvgIpc) is 3.26. The topological polar surface area (TPSA) is 104 Å². The summed E-state index contributed by atoms with van der Waals surface area (Å²) in [6, 6.07) is 12.6. The predicted octanol–water partition coefficient (Wildman–Crippen LogP) is 2.68. The van der Waals surface area contributed by atoms with Crippen molar-refractivity contribution in [2.45, 2.75) is 82.9 Å².